The molecule has 0 radical (unpaired) electrons. The standard InChI is InChI=1S/C14H22N2O/c1-16-12-2-3-13(16)8-11(7-12)14(15)6-10-4-5-17-9-10/h4-5,9,11-14H,2-3,6-8,15H2,1H3. The van der Waals surface area contributed by atoms with Crippen LogP contribution < -0.4 is 5.73 Å². The number of hydrogen-bond donors (Lipinski definition) is 1. The predicted molar refractivity (Wildman–Crippen MR) is 67.7 cm³/mol. The summed E-state index contributed by atoms with van der Waals surface area (Å²) in [7, 11) is 2.28. The zero-order valence-electron chi connectivity index (χ0n) is 10.5. The Hall–Kier alpha value is -0.800. The van der Waals surface area contributed by atoms with Crippen LogP contribution in [0.5, 0.6) is 0 Å². The minimum atomic E-state index is 0.296. The molecule has 0 saturated carbocycles. The first-order valence-corrected chi connectivity index (χ1v) is 6.72. The fourth-order valence-electron chi connectivity index (χ4n) is 3.65. The van der Waals surface area contributed by atoms with Crippen molar-refractivity contribution in [2.24, 2.45) is 11.7 Å². The largest absolute Gasteiger partial charge is 0.472 e. The van der Waals surface area contributed by atoms with Gasteiger partial charge in [0.25, 0.3) is 0 Å². The van der Waals surface area contributed by atoms with Crippen LogP contribution in [-0.4, -0.2) is 30.1 Å². The highest BCUT2D eigenvalue weighted by atomic mass is 16.3. The molecule has 2 aliphatic heterocycles. The maximum absolute atomic E-state index is 6.38. The average molecular weight is 234 g/mol. The van der Waals surface area contributed by atoms with Crippen molar-refractivity contribution in [3.63, 3.8) is 0 Å². The highest BCUT2D eigenvalue weighted by molar-refractivity contribution is 5.08. The number of piperidine rings is 1. The van der Waals surface area contributed by atoms with E-state index in [1.807, 2.05) is 12.3 Å². The molecule has 3 heteroatoms. The molecule has 1 aromatic rings. The summed E-state index contributed by atoms with van der Waals surface area (Å²) in [5, 5.41) is 0. The Kier molecular flexibility index (Phi) is 2.97. The number of nitrogens with two attached hydrogens (primary N) is 1. The van der Waals surface area contributed by atoms with Gasteiger partial charge >= 0.3 is 0 Å². The molecule has 0 aliphatic carbocycles. The van der Waals surface area contributed by atoms with Gasteiger partial charge in [0.1, 0.15) is 0 Å². The van der Waals surface area contributed by atoms with Crippen LogP contribution in [0.2, 0.25) is 0 Å². The highest BCUT2D eigenvalue weighted by Crippen LogP contribution is 2.38. The minimum Gasteiger partial charge on any atom is -0.472 e. The van der Waals surface area contributed by atoms with E-state index in [2.05, 4.69) is 11.9 Å². The first-order valence-electron chi connectivity index (χ1n) is 6.72. The quantitative estimate of drug-likeness (QED) is 0.870. The first kappa shape index (κ1) is 11.3. The topological polar surface area (TPSA) is 42.4 Å². The van der Waals surface area contributed by atoms with E-state index in [9.17, 15) is 0 Å². The molecule has 3 unspecified atom stereocenters. The summed E-state index contributed by atoms with van der Waals surface area (Å²) in [6.45, 7) is 0. The van der Waals surface area contributed by atoms with E-state index >= 15 is 0 Å². The van der Waals surface area contributed by atoms with Crippen molar-refractivity contribution in [3.05, 3.63) is 24.2 Å². The molecule has 1 aromatic heterocycles. The van der Waals surface area contributed by atoms with E-state index in [0.29, 0.717) is 12.0 Å². The Labute approximate surface area is 103 Å². The third-order valence-corrected chi connectivity index (χ3v) is 4.79. The molecule has 94 valence electrons. The van der Waals surface area contributed by atoms with Crippen molar-refractivity contribution >= 4 is 0 Å². The van der Waals surface area contributed by atoms with Crippen LogP contribution >= 0.6 is 0 Å². The van der Waals surface area contributed by atoms with Gasteiger partial charge in [0.2, 0.25) is 0 Å². The van der Waals surface area contributed by atoms with Crippen LogP contribution in [-0.2, 0) is 6.42 Å². The molecule has 3 atom stereocenters. The lowest BCUT2D eigenvalue weighted by atomic mass is 9.83. The maximum Gasteiger partial charge on any atom is 0.0935 e. The van der Waals surface area contributed by atoms with Gasteiger partial charge < -0.3 is 15.1 Å². The van der Waals surface area contributed by atoms with Crippen LogP contribution in [0, 0.1) is 5.92 Å². The summed E-state index contributed by atoms with van der Waals surface area (Å²) < 4.78 is 5.11. The molecular formula is C14H22N2O. The highest BCUT2D eigenvalue weighted by Gasteiger charge is 2.40. The summed E-state index contributed by atoms with van der Waals surface area (Å²) in [6, 6.07) is 3.90. The third kappa shape index (κ3) is 2.14. The SMILES string of the molecule is CN1C2CCC1CC(C(N)Cc1ccoc1)C2. The molecule has 2 aliphatic rings. The van der Waals surface area contributed by atoms with Crippen molar-refractivity contribution in [3.8, 4) is 0 Å². The third-order valence-electron chi connectivity index (χ3n) is 4.79. The second-order valence-corrected chi connectivity index (χ2v) is 5.78. The average Bonchev–Trinajstić information content (AvgIpc) is 2.86. The zero-order chi connectivity index (χ0) is 11.8. The van der Waals surface area contributed by atoms with Crippen molar-refractivity contribution in [1.82, 2.24) is 4.90 Å². The Morgan fingerprint density at radius 1 is 1.41 bits per heavy atom. The molecule has 2 bridgehead atoms. The number of furan rings is 1. The second kappa shape index (κ2) is 4.46. The molecule has 17 heavy (non-hydrogen) atoms. The fourth-order valence-corrected chi connectivity index (χ4v) is 3.65. The van der Waals surface area contributed by atoms with Crippen molar-refractivity contribution in [2.45, 2.75) is 50.2 Å². The lowest BCUT2D eigenvalue weighted by Gasteiger charge is -2.38. The van der Waals surface area contributed by atoms with E-state index in [0.717, 1.165) is 18.5 Å². The summed E-state index contributed by atoms with van der Waals surface area (Å²) in [5.74, 6) is 0.693. The van der Waals surface area contributed by atoms with E-state index in [1.165, 1.54) is 31.2 Å². The number of fused-ring (bicyclic) bond motifs is 2. The molecule has 0 aromatic carbocycles. The van der Waals surface area contributed by atoms with E-state index in [4.69, 9.17) is 10.2 Å². The van der Waals surface area contributed by atoms with Crippen LogP contribution in [0.15, 0.2) is 23.0 Å². The van der Waals surface area contributed by atoms with Gasteiger partial charge in [-0.05, 0) is 56.7 Å². The molecule has 0 spiro atoms. The molecule has 0 amide bonds. The van der Waals surface area contributed by atoms with Crippen LogP contribution in [0.25, 0.3) is 0 Å². The minimum absolute atomic E-state index is 0.296. The van der Waals surface area contributed by atoms with E-state index < -0.39 is 0 Å². The number of nitrogens with zero attached hydrogens (tertiary/aromatic N) is 1. The first-order chi connectivity index (χ1) is 8.24. The van der Waals surface area contributed by atoms with Crippen molar-refractivity contribution in [1.29, 1.82) is 0 Å². The molecule has 2 N–H and O–H groups in total. The zero-order valence-corrected chi connectivity index (χ0v) is 10.5. The summed E-state index contributed by atoms with van der Waals surface area (Å²) in [4.78, 5) is 2.57. The molecule has 3 nitrogen and oxygen atoms in total. The van der Waals surface area contributed by atoms with Gasteiger partial charge in [0.05, 0.1) is 12.5 Å². The van der Waals surface area contributed by atoms with E-state index in [1.54, 1.807) is 6.26 Å². The van der Waals surface area contributed by atoms with Gasteiger partial charge in [-0.1, -0.05) is 0 Å². The molecule has 2 fully saturated rings. The number of rotatable bonds is 3. The molecular weight excluding hydrogens is 212 g/mol. The normalized spacial score (nSPS) is 35.1. The smallest absolute Gasteiger partial charge is 0.0935 e. The van der Waals surface area contributed by atoms with Crippen LogP contribution in [0.1, 0.15) is 31.2 Å². The summed E-state index contributed by atoms with van der Waals surface area (Å²) in [5.41, 5.74) is 7.62. The second-order valence-electron chi connectivity index (χ2n) is 5.78. The lowest BCUT2D eigenvalue weighted by Crippen LogP contribution is -2.46. The van der Waals surface area contributed by atoms with Crippen LogP contribution in [0.4, 0.5) is 0 Å². The van der Waals surface area contributed by atoms with E-state index in [-0.39, 0.29) is 0 Å². The van der Waals surface area contributed by atoms with Gasteiger partial charge in [-0.15, -0.1) is 0 Å². The Balaban J connectivity index is 1.62. The molecule has 3 rings (SSSR count). The monoisotopic (exact) mass is 234 g/mol. The lowest BCUT2D eigenvalue weighted by molar-refractivity contribution is 0.120. The van der Waals surface area contributed by atoms with Crippen LogP contribution in [0.3, 0.4) is 0 Å². The van der Waals surface area contributed by atoms with Gasteiger partial charge in [-0.3, -0.25) is 0 Å². The summed E-state index contributed by atoms with van der Waals surface area (Å²) in [6.07, 6.45) is 9.83. The fraction of sp³-hybridized carbons (Fsp3) is 0.714. The molecule has 3 heterocycles. The van der Waals surface area contributed by atoms with Gasteiger partial charge in [-0.25, -0.2) is 0 Å². The Morgan fingerprint density at radius 2 is 2.12 bits per heavy atom. The Morgan fingerprint density at radius 3 is 2.71 bits per heavy atom. The Bertz CT molecular complexity index is 348. The van der Waals surface area contributed by atoms with Crippen molar-refractivity contribution in [2.75, 3.05) is 7.05 Å². The van der Waals surface area contributed by atoms with Crippen molar-refractivity contribution < 1.29 is 4.42 Å². The van der Waals surface area contributed by atoms with Gasteiger partial charge in [0, 0.05) is 18.1 Å². The maximum atomic E-state index is 6.38. The number of hydrogen-bond acceptors (Lipinski definition) is 3. The van der Waals surface area contributed by atoms with Gasteiger partial charge in [0.15, 0.2) is 0 Å². The van der Waals surface area contributed by atoms with Gasteiger partial charge in [-0.2, -0.15) is 0 Å². The summed E-state index contributed by atoms with van der Waals surface area (Å²) >= 11 is 0. The molecule has 2 saturated heterocycles. The predicted octanol–water partition coefficient (Wildman–Crippen LogP) is 2.02.